The Labute approximate surface area is 72.9 Å². The van der Waals surface area contributed by atoms with Gasteiger partial charge < -0.3 is 4.43 Å². The molecule has 0 spiro atoms. The van der Waals surface area contributed by atoms with Gasteiger partial charge >= 0.3 is 0 Å². The van der Waals surface area contributed by atoms with Crippen molar-refractivity contribution in [1.82, 2.24) is 0 Å². The monoisotopic (exact) mass is 174 g/mol. The molecule has 0 aliphatic heterocycles. The molecular formula is C9H22OSi. The summed E-state index contributed by atoms with van der Waals surface area (Å²) in [6.45, 7) is 13.8. The Morgan fingerprint density at radius 1 is 1.00 bits per heavy atom. The molecule has 2 heteroatoms. The summed E-state index contributed by atoms with van der Waals surface area (Å²) in [6, 6.07) is 0. The van der Waals surface area contributed by atoms with Crippen LogP contribution in [0.3, 0.4) is 0 Å². The van der Waals surface area contributed by atoms with Crippen molar-refractivity contribution in [1.29, 1.82) is 0 Å². The van der Waals surface area contributed by atoms with E-state index in [2.05, 4.69) is 41.2 Å². The van der Waals surface area contributed by atoms with Crippen molar-refractivity contribution in [2.24, 2.45) is 5.41 Å². The quantitative estimate of drug-likeness (QED) is 0.585. The summed E-state index contributed by atoms with van der Waals surface area (Å²) in [5, 5.41) is 0.363. The molecule has 68 valence electrons. The van der Waals surface area contributed by atoms with Gasteiger partial charge in [0.1, 0.15) is 0 Å². The fraction of sp³-hybridized carbons (Fsp3) is 1.00. The second-order valence-corrected chi connectivity index (χ2v) is 8.05. The Balaban J connectivity index is 4.45. The lowest BCUT2D eigenvalue weighted by Crippen LogP contribution is -2.37. The molecule has 0 rings (SSSR count). The van der Waals surface area contributed by atoms with E-state index in [1.165, 1.54) is 0 Å². The van der Waals surface area contributed by atoms with Crippen LogP contribution in [0.5, 0.6) is 0 Å². The molecule has 0 N–H and O–H groups in total. The molecule has 0 aliphatic carbocycles. The summed E-state index contributed by atoms with van der Waals surface area (Å²) in [4.78, 5) is 0. The summed E-state index contributed by atoms with van der Waals surface area (Å²) in [5.74, 6) is 0. The molecule has 1 atom stereocenters. The van der Waals surface area contributed by atoms with Crippen LogP contribution in [0.25, 0.3) is 0 Å². The minimum Gasteiger partial charge on any atom is -0.423 e. The topological polar surface area (TPSA) is 9.23 Å². The molecule has 1 unspecified atom stereocenters. The molecule has 0 fully saturated rings. The van der Waals surface area contributed by atoms with E-state index in [1.807, 2.05) is 7.11 Å². The lowest BCUT2D eigenvalue weighted by Gasteiger charge is -2.41. The van der Waals surface area contributed by atoms with E-state index in [0.717, 1.165) is 0 Å². The van der Waals surface area contributed by atoms with Gasteiger partial charge in [0.05, 0.1) is 0 Å². The van der Waals surface area contributed by atoms with Gasteiger partial charge in [-0.05, 0) is 17.0 Å². The van der Waals surface area contributed by atoms with Gasteiger partial charge in [0.15, 0.2) is 9.04 Å². The van der Waals surface area contributed by atoms with E-state index < -0.39 is 9.04 Å². The smallest absolute Gasteiger partial charge is 0.179 e. The zero-order chi connectivity index (χ0) is 9.28. The standard InChI is InChI=1S/C9H22OSi/c1-8(2,3)9(4,5)11(7)10-6/h11H,1-7H3. The maximum atomic E-state index is 5.48. The highest BCUT2D eigenvalue weighted by Gasteiger charge is 2.39. The highest BCUT2D eigenvalue weighted by molar-refractivity contribution is 6.54. The molecule has 11 heavy (non-hydrogen) atoms. The molecule has 0 radical (unpaired) electrons. The van der Waals surface area contributed by atoms with Gasteiger partial charge in [0, 0.05) is 7.11 Å². The van der Waals surface area contributed by atoms with Gasteiger partial charge in [-0.15, -0.1) is 0 Å². The van der Waals surface area contributed by atoms with Crippen molar-refractivity contribution < 1.29 is 4.43 Å². The van der Waals surface area contributed by atoms with Crippen molar-refractivity contribution in [2.45, 2.75) is 46.2 Å². The van der Waals surface area contributed by atoms with Crippen LogP contribution in [0.2, 0.25) is 11.6 Å². The first kappa shape index (κ1) is 11.2. The Morgan fingerprint density at radius 2 is 1.36 bits per heavy atom. The lowest BCUT2D eigenvalue weighted by molar-refractivity contribution is 0.256. The molecule has 0 saturated heterocycles. The molecule has 0 aromatic carbocycles. The summed E-state index contributed by atoms with van der Waals surface area (Å²) >= 11 is 0. The van der Waals surface area contributed by atoms with Crippen LogP contribution >= 0.6 is 0 Å². The SMILES string of the molecule is CO[SiH](C)C(C)(C)C(C)(C)C. The van der Waals surface area contributed by atoms with Gasteiger partial charge in [0.25, 0.3) is 0 Å². The highest BCUT2D eigenvalue weighted by Crippen LogP contribution is 2.46. The first-order valence-electron chi connectivity index (χ1n) is 4.26. The van der Waals surface area contributed by atoms with E-state index in [9.17, 15) is 0 Å². The Morgan fingerprint density at radius 3 is 1.45 bits per heavy atom. The predicted molar refractivity (Wildman–Crippen MR) is 53.5 cm³/mol. The van der Waals surface area contributed by atoms with Crippen molar-refractivity contribution in [3.63, 3.8) is 0 Å². The molecule has 0 amide bonds. The van der Waals surface area contributed by atoms with Crippen molar-refractivity contribution in [3.05, 3.63) is 0 Å². The lowest BCUT2D eigenvalue weighted by atomic mass is 9.82. The average Bonchev–Trinajstić information content (AvgIpc) is 1.83. The second kappa shape index (κ2) is 3.28. The zero-order valence-corrected chi connectivity index (χ0v) is 10.1. The van der Waals surface area contributed by atoms with E-state index in [4.69, 9.17) is 4.43 Å². The largest absolute Gasteiger partial charge is 0.423 e. The minimum atomic E-state index is -1.02. The number of rotatable bonds is 2. The van der Waals surface area contributed by atoms with Crippen molar-refractivity contribution in [3.8, 4) is 0 Å². The van der Waals surface area contributed by atoms with Crippen LogP contribution in [-0.4, -0.2) is 16.2 Å². The first-order valence-corrected chi connectivity index (χ1v) is 6.46. The predicted octanol–water partition coefficient (Wildman–Crippen LogP) is 2.81. The third-order valence-electron chi connectivity index (χ3n) is 3.30. The van der Waals surface area contributed by atoms with E-state index in [0.29, 0.717) is 10.5 Å². The van der Waals surface area contributed by atoms with E-state index in [1.54, 1.807) is 0 Å². The molecule has 0 aromatic heterocycles. The van der Waals surface area contributed by atoms with Gasteiger partial charge in [-0.2, -0.15) is 0 Å². The molecule has 0 bridgehead atoms. The number of hydrogen-bond acceptors (Lipinski definition) is 1. The molecule has 1 nitrogen and oxygen atoms in total. The molecular weight excluding hydrogens is 152 g/mol. The minimum absolute atomic E-state index is 0.356. The third kappa shape index (κ3) is 2.31. The van der Waals surface area contributed by atoms with E-state index >= 15 is 0 Å². The van der Waals surface area contributed by atoms with Gasteiger partial charge in [0.2, 0.25) is 0 Å². The Bertz CT molecular complexity index is 124. The van der Waals surface area contributed by atoms with Gasteiger partial charge in [-0.1, -0.05) is 34.6 Å². The number of hydrogen-bond donors (Lipinski definition) is 0. The van der Waals surface area contributed by atoms with Crippen molar-refractivity contribution in [2.75, 3.05) is 7.11 Å². The fourth-order valence-electron chi connectivity index (χ4n) is 0.904. The van der Waals surface area contributed by atoms with E-state index in [-0.39, 0.29) is 0 Å². The third-order valence-corrected chi connectivity index (χ3v) is 6.91. The van der Waals surface area contributed by atoms with Crippen LogP contribution in [0, 0.1) is 5.41 Å². The molecule has 0 aliphatic rings. The van der Waals surface area contributed by atoms with Crippen LogP contribution in [0.15, 0.2) is 0 Å². The Kier molecular flexibility index (Phi) is 3.33. The second-order valence-electron chi connectivity index (χ2n) is 4.85. The average molecular weight is 174 g/mol. The van der Waals surface area contributed by atoms with Gasteiger partial charge in [-0.25, -0.2) is 0 Å². The van der Waals surface area contributed by atoms with Crippen LogP contribution in [0.1, 0.15) is 34.6 Å². The van der Waals surface area contributed by atoms with Crippen LogP contribution in [-0.2, 0) is 4.43 Å². The molecule has 0 heterocycles. The summed E-state index contributed by atoms with van der Waals surface area (Å²) in [6.07, 6.45) is 0. The van der Waals surface area contributed by atoms with Crippen LogP contribution < -0.4 is 0 Å². The molecule has 0 saturated carbocycles. The summed E-state index contributed by atoms with van der Waals surface area (Å²) in [7, 11) is 0.822. The molecule has 0 aromatic rings. The Hall–Kier alpha value is 0.177. The van der Waals surface area contributed by atoms with Gasteiger partial charge in [-0.3, -0.25) is 0 Å². The fourth-order valence-corrected chi connectivity index (χ4v) is 2.71. The maximum absolute atomic E-state index is 5.48. The first-order chi connectivity index (χ1) is 4.73. The van der Waals surface area contributed by atoms with Crippen LogP contribution in [0.4, 0.5) is 0 Å². The van der Waals surface area contributed by atoms with Crippen molar-refractivity contribution >= 4 is 9.04 Å². The highest BCUT2D eigenvalue weighted by atomic mass is 28.3. The summed E-state index contributed by atoms with van der Waals surface area (Å²) < 4.78 is 5.48. The zero-order valence-electron chi connectivity index (χ0n) is 8.99. The summed E-state index contributed by atoms with van der Waals surface area (Å²) in [5.41, 5.74) is 0.356. The normalized spacial score (nSPS) is 16.6. The maximum Gasteiger partial charge on any atom is 0.179 e.